The number of oxazole rings is 1. The molecule has 0 bridgehead atoms. The standard InChI is InChI=1S/C18H23N3O3/c1-12(2)16-17(24-13(3)19-16)18(22)20-14-6-4-5-7-15(14)21-8-10-23-11-9-21/h4-7,12H,8-11H2,1-3H3,(H,20,22). The quantitative estimate of drug-likeness (QED) is 0.933. The summed E-state index contributed by atoms with van der Waals surface area (Å²) in [6.45, 7) is 8.76. The topological polar surface area (TPSA) is 67.6 Å². The van der Waals surface area contributed by atoms with E-state index in [1.165, 1.54) is 0 Å². The molecule has 1 N–H and O–H groups in total. The van der Waals surface area contributed by atoms with Crippen LogP contribution in [0.3, 0.4) is 0 Å². The van der Waals surface area contributed by atoms with Gasteiger partial charge in [-0.05, 0) is 18.1 Å². The number of ether oxygens (including phenoxy) is 1. The summed E-state index contributed by atoms with van der Waals surface area (Å²) < 4.78 is 10.9. The number of rotatable bonds is 4. The zero-order valence-electron chi connectivity index (χ0n) is 14.3. The van der Waals surface area contributed by atoms with Gasteiger partial charge in [-0.25, -0.2) is 4.98 Å². The summed E-state index contributed by atoms with van der Waals surface area (Å²) in [4.78, 5) is 19.2. The molecule has 128 valence electrons. The van der Waals surface area contributed by atoms with Gasteiger partial charge in [-0.3, -0.25) is 4.79 Å². The molecule has 0 unspecified atom stereocenters. The Balaban J connectivity index is 1.85. The molecule has 1 aromatic heterocycles. The van der Waals surface area contributed by atoms with Crippen LogP contribution in [0.2, 0.25) is 0 Å². The Morgan fingerprint density at radius 1 is 1.25 bits per heavy atom. The lowest BCUT2D eigenvalue weighted by atomic mass is 10.1. The van der Waals surface area contributed by atoms with Crippen LogP contribution in [0.5, 0.6) is 0 Å². The van der Waals surface area contributed by atoms with Gasteiger partial charge in [0, 0.05) is 20.0 Å². The molecule has 3 rings (SSSR count). The number of nitrogens with zero attached hydrogens (tertiary/aromatic N) is 2. The van der Waals surface area contributed by atoms with Gasteiger partial charge < -0.3 is 19.4 Å². The van der Waals surface area contributed by atoms with Crippen molar-refractivity contribution in [1.82, 2.24) is 4.98 Å². The van der Waals surface area contributed by atoms with E-state index in [-0.39, 0.29) is 11.8 Å². The van der Waals surface area contributed by atoms with Crippen molar-refractivity contribution in [2.24, 2.45) is 0 Å². The first-order valence-electron chi connectivity index (χ1n) is 8.26. The van der Waals surface area contributed by atoms with Crippen molar-refractivity contribution in [1.29, 1.82) is 0 Å². The molecule has 0 atom stereocenters. The normalized spacial score (nSPS) is 14.9. The molecule has 6 heteroatoms. The van der Waals surface area contributed by atoms with Gasteiger partial charge in [0.1, 0.15) is 0 Å². The van der Waals surface area contributed by atoms with Crippen LogP contribution in [0.4, 0.5) is 11.4 Å². The summed E-state index contributed by atoms with van der Waals surface area (Å²) in [6.07, 6.45) is 0. The Hall–Kier alpha value is -2.34. The number of nitrogens with one attached hydrogen (secondary N) is 1. The average Bonchev–Trinajstić information content (AvgIpc) is 2.98. The molecule has 1 fully saturated rings. The van der Waals surface area contributed by atoms with Gasteiger partial charge >= 0.3 is 0 Å². The van der Waals surface area contributed by atoms with Crippen molar-refractivity contribution >= 4 is 17.3 Å². The summed E-state index contributed by atoms with van der Waals surface area (Å²) in [5.74, 6) is 0.655. The Morgan fingerprint density at radius 3 is 2.67 bits per heavy atom. The molecule has 0 saturated carbocycles. The van der Waals surface area contributed by atoms with Gasteiger partial charge in [0.2, 0.25) is 5.76 Å². The highest BCUT2D eigenvalue weighted by atomic mass is 16.5. The number of benzene rings is 1. The molecule has 0 spiro atoms. The largest absolute Gasteiger partial charge is 0.436 e. The van der Waals surface area contributed by atoms with Crippen LogP contribution in [-0.4, -0.2) is 37.2 Å². The number of anilines is 2. The second-order valence-corrected chi connectivity index (χ2v) is 6.17. The smallest absolute Gasteiger partial charge is 0.293 e. The number of morpholine rings is 1. The number of amides is 1. The second kappa shape index (κ2) is 7.05. The van der Waals surface area contributed by atoms with Gasteiger partial charge in [0.15, 0.2) is 5.89 Å². The van der Waals surface area contributed by atoms with Crippen LogP contribution < -0.4 is 10.2 Å². The molecule has 6 nitrogen and oxygen atoms in total. The van der Waals surface area contributed by atoms with Crippen LogP contribution in [0, 0.1) is 6.92 Å². The third-order valence-corrected chi connectivity index (χ3v) is 4.02. The molecule has 24 heavy (non-hydrogen) atoms. The van der Waals surface area contributed by atoms with E-state index in [1.54, 1.807) is 6.92 Å². The Morgan fingerprint density at radius 2 is 1.96 bits per heavy atom. The van der Waals surface area contributed by atoms with Crippen molar-refractivity contribution in [3.05, 3.63) is 41.6 Å². The molecule has 0 radical (unpaired) electrons. The molecular weight excluding hydrogens is 306 g/mol. The first-order valence-corrected chi connectivity index (χ1v) is 8.26. The second-order valence-electron chi connectivity index (χ2n) is 6.17. The first-order chi connectivity index (χ1) is 11.6. The van der Waals surface area contributed by atoms with E-state index in [2.05, 4.69) is 15.2 Å². The lowest BCUT2D eigenvalue weighted by Crippen LogP contribution is -2.36. The maximum absolute atomic E-state index is 12.7. The van der Waals surface area contributed by atoms with Crippen LogP contribution in [0.15, 0.2) is 28.7 Å². The van der Waals surface area contributed by atoms with E-state index in [0.717, 1.165) is 24.5 Å². The minimum absolute atomic E-state index is 0.123. The van der Waals surface area contributed by atoms with E-state index in [9.17, 15) is 4.79 Å². The zero-order chi connectivity index (χ0) is 17.1. The predicted molar refractivity (Wildman–Crippen MR) is 92.8 cm³/mol. The third-order valence-electron chi connectivity index (χ3n) is 4.02. The van der Waals surface area contributed by atoms with Gasteiger partial charge in [-0.2, -0.15) is 0 Å². The predicted octanol–water partition coefficient (Wildman–Crippen LogP) is 3.20. The third kappa shape index (κ3) is 3.43. The van der Waals surface area contributed by atoms with E-state index in [1.807, 2.05) is 38.1 Å². The molecule has 1 aliphatic rings. The number of aryl methyl sites for hydroxylation is 1. The zero-order valence-corrected chi connectivity index (χ0v) is 14.3. The maximum Gasteiger partial charge on any atom is 0.293 e. The van der Waals surface area contributed by atoms with Gasteiger partial charge in [-0.15, -0.1) is 0 Å². The molecular formula is C18H23N3O3. The van der Waals surface area contributed by atoms with Crippen molar-refractivity contribution in [2.75, 3.05) is 36.5 Å². The highest BCUT2D eigenvalue weighted by molar-refractivity contribution is 6.04. The first kappa shape index (κ1) is 16.5. The highest BCUT2D eigenvalue weighted by Gasteiger charge is 2.23. The van der Waals surface area contributed by atoms with Crippen LogP contribution in [0.1, 0.15) is 41.9 Å². The number of aromatic nitrogens is 1. The molecule has 1 saturated heterocycles. The van der Waals surface area contributed by atoms with Crippen LogP contribution in [0.25, 0.3) is 0 Å². The summed E-state index contributed by atoms with van der Waals surface area (Å²) in [7, 11) is 0. The van der Waals surface area contributed by atoms with Gasteiger partial charge in [0.05, 0.1) is 30.3 Å². The lowest BCUT2D eigenvalue weighted by molar-refractivity contribution is 0.0993. The Bertz CT molecular complexity index is 718. The summed E-state index contributed by atoms with van der Waals surface area (Å²) in [6, 6.07) is 7.80. The molecule has 1 aromatic carbocycles. The fraction of sp³-hybridized carbons (Fsp3) is 0.444. The van der Waals surface area contributed by atoms with Gasteiger partial charge in [-0.1, -0.05) is 26.0 Å². The number of hydrogen-bond acceptors (Lipinski definition) is 5. The number of para-hydroxylation sites is 2. The fourth-order valence-electron chi connectivity index (χ4n) is 2.84. The van der Waals surface area contributed by atoms with E-state index < -0.39 is 0 Å². The van der Waals surface area contributed by atoms with Crippen molar-refractivity contribution in [3.8, 4) is 0 Å². The Labute approximate surface area is 141 Å². The lowest BCUT2D eigenvalue weighted by Gasteiger charge is -2.30. The minimum Gasteiger partial charge on any atom is -0.436 e. The summed E-state index contributed by atoms with van der Waals surface area (Å²) in [5.41, 5.74) is 2.46. The van der Waals surface area contributed by atoms with Crippen molar-refractivity contribution in [2.45, 2.75) is 26.7 Å². The molecule has 1 aliphatic heterocycles. The highest BCUT2D eigenvalue weighted by Crippen LogP contribution is 2.28. The average molecular weight is 329 g/mol. The minimum atomic E-state index is -0.264. The fourth-order valence-corrected chi connectivity index (χ4v) is 2.84. The SMILES string of the molecule is Cc1nc(C(C)C)c(C(=O)Nc2ccccc2N2CCOCC2)o1. The monoisotopic (exact) mass is 329 g/mol. The summed E-state index contributed by atoms with van der Waals surface area (Å²) >= 11 is 0. The molecule has 0 aliphatic carbocycles. The van der Waals surface area contributed by atoms with Crippen LogP contribution in [-0.2, 0) is 4.74 Å². The van der Waals surface area contributed by atoms with Crippen LogP contribution >= 0.6 is 0 Å². The molecule has 2 aromatic rings. The number of carbonyl (C=O) groups excluding carboxylic acids is 1. The van der Waals surface area contributed by atoms with Crippen molar-refractivity contribution in [3.63, 3.8) is 0 Å². The number of carbonyl (C=O) groups is 1. The van der Waals surface area contributed by atoms with E-state index in [0.29, 0.717) is 30.6 Å². The Kier molecular flexibility index (Phi) is 4.85. The maximum atomic E-state index is 12.7. The van der Waals surface area contributed by atoms with E-state index >= 15 is 0 Å². The molecule has 2 heterocycles. The summed E-state index contributed by atoms with van der Waals surface area (Å²) in [5, 5.41) is 2.98. The molecule has 1 amide bonds. The van der Waals surface area contributed by atoms with Gasteiger partial charge in [0.25, 0.3) is 5.91 Å². The van der Waals surface area contributed by atoms with E-state index in [4.69, 9.17) is 9.15 Å². The number of hydrogen-bond donors (Lipinski definition) is 1. The van der Waals surface area contributed by atoms with Crippen molar-refractivity contribution < 1.29 is 13.9 Å².